The number of carbonyl (C=O) groups excluding carboxylic acids is 1. The van der Waals surface area contributed by atoms with Crippen molar-refractivity contribution in [3.8, 4) is 0 Å². The first-order valence-electron chi connectivity index (χ1n) is 7.08. The Labute approximate surface area is 129 Å². The number of rotatable bonds is 6. The van der Waals surface area contributed by atoms with Crippen LogP contribution in [0.4, 0.5) is 5.69 Å². The molecular weight excluding hydrogens is 284 g/mol. The predicted octanol–water partition coefficient (Wildman–Crippen LogP) is 3.23. The second kappa shape index (κ2) is 6.91. The molecule has 0 aliphatic rings. The number of nitrogens with two attached hydrogens (primary N) is 1. The van der Waals surface area contributed by atoms with E-state index >= 15 is 0 Å². The highest BCUT2D eigenvalue weighted by Gasteiger charge is 2.19. The van der Waals surface area contributed by atoms with E-state index in [-0.39, 0.29) is 5.91 Å². The number of anilines is 1. The van der Waals surface area contributed by atoms with Crippen LogP contribution in [-0.4, -0.2) is 37.6 Å². The molecule has 0 aliphatic carbocycles. The van der Waals surface area contributed by atoms with Gasteiger partial charge in [0.05, 0.1) is 11.5 Å². The van der Waals surface area contributed by atoms with E-state index in [0.717, 1.165) is 27.2 Å². The van der Waals surface area contributed by atoms with Crippen molar-refractivity contribution in [1.82, 2.24) is 4.90 Å². The molecule has 1 aromatic heterocycles. The molecule has 0 spiro atoms. The van der Waals surface area contributed by atoms with Crippen molar-refractivity contribution < 1.29 is 9.53 Å². The lowest BCUT2D eigenvalue weighted by Gasteiger charge is -2.23. The summed E-state index contributed by atoms with van der Waals surface area (Å²) in [6.45, 7) is 6.12. The highest BCUT2D eigenvalue weighted by Crippen LogP contribution is 2.28. The molecule has 0 saturated heterocycles. The molecule has 2 aromatic rings. The maximum absolute atomic E-state index is 12.7. The quantitative estimate of drug-likeness (QED) is 0.834. The lowest BCUT2D eigenvalue weighted by Crippen LogP contribution is -2.36. The summed E-state index contributed by atoms with van der Waals surface area (Å²) in [5.41, 5.74) is 6.51. The summed E-state index contributed by atoms with van der Waals surface area (Å²) < 4.78 is 6.19. The van der Waals surface area contributed by atoms with Gasteiger partial charge in [-0.2, -0.15) is 0 Å². The van der Waals surface area contributed by atoms with Crippen LogP contribution in [0.25, 0.3) is 10.1 Å². The summed E-state index contributed by atoms with van der Waals surface area (Å²) in [6.07, 6.45) is 0. The van der Waals surface area contributed by atoms with E-state index in [4.69, 9.17) is 10.5 Å². The van der Waals surface area contributed by atoms with Gasteiger partial charge < -0.3 is 15.4 Å². The van der Waals surface area contributed by atoms with Crippen LogP contribution in [0.3, 0.4) is 0 Å². The summed E-state index contributed by atoms with van der Waals surface area (Å²) in [5, 5.41) is 1.03. The SMILES string of the molecule is COCCN(CC(C)C)C(=O)c1cc2cc(N)ccc2s1. The Morgan fingerprint density at radius 1 is 1.38 bits per heavy atom. The fourth-order valence-corrected chi connectivity index (χ4v) is 3.25. The molecular formula is C16H22N2O2S. The van der Waals surface area contributed by atoms with Crippen molar-refractivity contribution in [2.45, 2.75) is 13.8 Å². The molecule has 2 rings (SSSR count). The zero-order valence-electron chi connectivity index (χ0n) is 12.8. The zero-order chi connectivity index (χ0) is 15.4. The molecule has 0 saturated carbocycles. The molecule has 2 N–H and O–H groups in total. The topological polar surface area (TPSA) is 55.6 Å². The van der Waals surface area contributed by atoms with Gasteiger partial charge in [-0.25, -0.2) is 0 Å². The molecule has 0 fully saturated rings. The molecule has 0 radical (unpaired) electrons. The Balaban J connectivity index is 2.24. The van der Waals surface area contributed by atoms with Crippen LogP contribution in [0, 0.1) is 5.92 Å². The van der Waals surface area contributed by atoms with E-state index in [9.17, 15) is 4.79 Å². The highest BCUT2D eigenvalue weighted by molar-refractivity contribution is 7.20. The first kappa shape index (κ1) is 15.8. The van der Waals surface area contributed by atoms with Gasteiger partial charge in [0.1, 0.15) is 0 Å². The van der Waals surface area contributed by atoms with Crippen molar-refractivity contribution in [1.29, 1.82) is 0 Å². The Bertz CT molecular complexity index is 622. The second-order valence-corrected chi connectivity index (χ2v) is 6.63. The third-order valence-electron chi connectivity index (χ3n) is 3.19. The lowest BCUT2D eigenvalue weighted by molar-refractivity contribution is 0.0677. The minimum absolute atomic E-state index is 0.0699. The molecule has 1 heterocycles. The predicted molar refractivity (Wildman–Crippen MR) is 88.9 cm³/mol. The van der Waals surface area contributed by atoms with Crippen molar-refractivity contribution in [3.05, 3.63) is 29.1 Å². The Morgan fingerprint density at radius 3 is 2.81 bits per heavy atom. The normalized spacial score (nSPS) is 11.2. The summed E-state index contributed by atoms with van der Waals surface area (Å²) in [4.78, 5) is 15.3. The van der Waals surface area contributed by atoms with Gasteiger partial charge in [0, 0.05) is 30.6 Å². The molecule has 0 aliphatic heterocycles. The smallest absolute Gasteiger partial charge is 0.264 e. The van der Waals surface area contributed by atoms with Gasteiger partial charge in [-0.05, 0) is 35.6 Å². The van der Waals surface area contributed by atoms with E-state index in [0.29, 0.717) is 19.1 Å². The fourth-order valence-electron chi connectivity index (χ4n) is 2.24. The first-order valence-corrected chi connectivity index (χ1v) is 7.90. The first-order chi connectivity index (χ1) is 10.0. The summed E-state index contributed by atoms with van der Waals surface area (Å²) in [6, 6.07) is 7.67. The monoisotopic (exact) mass is 306 g/mol. The number of nitrogens with zero attached hydrogens (tertiary/aromatic N) is 1. The van der Waals surface area contributed by atoms with Crippen LogP contribution in [-0.2, 0) is 4.74 Å². The molecule has 1 amide bonds. The minimum atomic E-state index is 0.0699. The van der Waals surface area contributed by atoms with E-state index in [2.05, 4.69) is 13.8 Å². The third-order valence-corrected chi connectivity index (χ3v) is 4.29. The second-order valence-electron chi connectivity index (χ2n) is 5.55. The van der Waals surface area contributed by atoms with E-state index in [1.807, 2.05) is 29.2 Å². The summed E-state index contributed by atoms with van der Waals surface area (Å²) in [5.74, 6) is 0.497. The van der Waals surface area contributed by atoms with Crippen LogP contribution in [0.1, 0.15) is 23.5 Å². The lowest BCUT2D eigenvalue weighted by atomic mass is 10.2. The zero-order valence-corrected chi connectivity index (χ0v) is 13.6. The van der Waals surface area contributed by atoms with Gasteiger partial charge in [-0.1, -0.05) is 13.8 Å². The van der Waals surface area contributed by atoms with E-state index in [1.54, 1.807) is 7.11 Å². The van der Waals surface area contributed by atoms with E-state index < -0.39 is 0 Å². The van der Waals surface area contributed by atoms with Crippen molar-refractivity contribution in [2.24, 2.45) is 5.92 Å². The summed E-state index contributed by atoms with van der Waals surface area (Å²) in [7, 11) is 1.65. The number of fused-ring (bicyclic) bond motifs is 1. The molecule has 114 valence electrons. The fraction of sp³-hybridized carbons (Fsp3) is 0.438. The van der Waals surface area contributed by atoms with Crippen molar-refractivity contribution in [3.63, 3.8) is 0 Å². The van der Waals surface area contributed by atoms with Crippen LogP contribution in [0.5, 0.6) is 0 Å². The number of hydrogen-bond donors (Lipinski definition) is 1. The molecule has 1 aromatic carbocycles. The maximum atomic E-state index is 12.7. The third kappa shape index (κ3) is 3.95. The average Bonchev–Trinajstić information content (AvgIpc) is 2.85. The number of ether oxygens (including phenoxy) is 1. The molecule has 21 heavy (non-hydrogen) atoms. The molecule has 0 unspecified atom stereocenters. The van der Waals surface area contributed by atoms with Gasteiger partial charge >= 0.3 is 0 Å². The van der Waals surface area contributed by atoms with Gasteiger partial charge in [0.15, 0.2) is 0 Å². The average molecular weight is 306 g/mol. The number of carbonyl (C=O) groups is 1. The van der Waals surface area contributed by atoms with Gasteiger partial charge in [0.25, 0.3) is 5.91 Å². The Hall–Kier alpha value is -1.59. The van der Waals surface area contributed by atoms with E-state index in [1.165, 1.54) is 11.3 Å². The van der Waals surface area contributed by atoms with Crippen molar-refractivity contribution >= 4 is 33.0 Å². The van der Waals surface area contributed by atoms with Gasteiger partial charge in [-0.3, -0.25) is 4.79 Å². The van der Waals surface area contributed by atoms with Gasteiger partial charge in [0.2, 0.25) is 0 Å². The maximum Gasteiger partial charge on any atom is 0.264 e. The van der Waals surface area contributed by atoms with Crippen LogP contribution in [0.15, 0.2) is 24.3 Å². The molecule has 5 heteroatoms. The number of benzene rings is 1. The number of amides is 1. The summed E-state index contributed by atoms with van der Waals surface area (Å²) >= 11 is 1.52. The molecule has 4 nitrogen and oxygen atoms in total. The van der Waals surface area contributed by atoms with Gasteiger partial charge in [-0.15, -0.1) is 11.3 Å². The van der Waals surface area contributed by atoms with Crippen LogP contribution in [0.2, 0.25) is 0 Å². The molecule has 0 bridgehead atoms. The van der Waals surface area contributed by atoms with Crippen LogP contribution >= 0.6 is 11.3 Å². The number of nitrogen functional groups attached to an aromatic ring is 1. The minimum Gasteiger partial charge on any atom is -0.399 e. The Kier molecular flexibility index (Phi) is 5.20. The highest BCUT2D eigenvalue weighted by atomic mass is 32.1. The number of hydrogen-bond acceptors (Lipinski definition) is 4. The van der Waals surface area contributed by atoms with Crippen molar-refractivity contribution in [2.75, 3.05) is 32.5 Å². The standard InChI is InChI=1S/C16H22N2O2S/c1-11(2)10-18(6-7-20-3)16(19)15-9-12-8-13(17)4-5-14(12)21-15/h4-5,8-9,11H,6-7,10,17H2,1-3H3. The Morgan fingerprint density at radius 2 is 2.14 bits per heavy atom. The molecule has 0 atom stereocenters. The number of methoxy groups -OCH3 is 1. The van der Waals surface area contributed by atoms with Crippen LogP contribution < -0.4 is 5.73 Å². The largest absolute Gasteiger partial charge is 0.399 e. The number of thiophene rings is 1.